The average molecular weight is 485 g/mol. The van der Waals surface area contributed by atoms with E-state index >= 15 is 0 Å². The quantitative estimate of drug-likeness (QED) is 0.471. The summed E-state index contributed by atoms with van der Waals surface area (Å²) in [6.45, 7) is 6.91. The number of ether oxygens (including phenoxy) is 3. The first-order valence-corrected chi connectivity index (χ1v) is 12.2. The highest BCUT2D eigenvalue weighted by Gasteiger charge is 2.74. The van der Waals surface area contributed by atoms with Crippen LogP contribution < -0.4 is 4.90 Å². The molecule has 2 saturated heterocycles. The minimum Gasteiger partial charge on any atom is -0.469 e. The van der Waals surface area contributed by atoms with Crippen LogP contribution in [0.1, 0.15) is 46.1 Å². The maximum absolute atomic E-state index is 13.6. The Morgan fingerprint density at radius 1 is 1.09 bits per heavy atom. The zero-order valence-corrected chi connectivity index (χ0v) is 20.8. The Morgan fingerprint density at radius 2 is 1.80 bits per heavy atom. The van der Waals surface area contributed by atoms with Gasteiger partial charge in [0.1, 0.15) is 6.10 Å². The summed E-state index contributed by atoms with van der Waals surface area (Å²) in [5, 5.41) is 0. The lowest BCUT2D eigenvalue weighted by Crippen LogP contribution is -2.74. The molecule has 9 nitrogen and oxygen atoms in total. The van der Waals surface area contributed by atoms with E-state index in [4.69, 9.17) is 14.2 Å². The molecule has 3 aliphatic heterocycles. The van der Waals surface area contributed by atoms with Gasteiger partial charge in [0, 0.05) is 50.4 Å². The summed E-state index contributed by atoms with van der Waals surface area (Å²) in [5.41, 5.74) is 0.193. The normalized spacial score (nSPS) is 35.5. The Kier molecular flexibility index (Phi) is 5.47. The molecule has 35 heavy (non-hydrogen) atoms. The SMILES string of the molecule is COC(=O)[C@H]1[C@@H]2N(C(C)=O)c3ccccc3[C@@]23CCN2C[C@@](OC(C)=O)(C(C)OC(C)=O)[C@@H]1C[C@H]23. The molecule has 5 rings (SSSR count). The van der Waals surface area contributed by atoms with Crippen molar-refractivity contribution in [2.45, 2.75) is 69.7 Å². The summed E-state index contributed by atoms with van der Waals surface area (Å²) in [7, 11) is 1.34. The molecule has 0 radical (unpaired) electrons. The molecule has 1 aromatic carbocycles. The first-order chi connectivity index (χ1) is 16.6. The standard InChI is InChI=1S/C26H32N2O7/c1-14(34-16(3)30)26(35-17(4)31)13-27-11-10-25-18-8-6-7-9-20(18)28(15(2)29)23(25)22(24(32)33-5)19(26)12-21(25)27/h6-9,14,19,21-23H,10-13H2,1-5H3/t14?,19-,21+,22-,23+,25-,26-/m1/s1. The second kappa shape index (κ2) is 8.05. The van der Waals surface area contributed by atoms with Gasteiger partial charge in [0.05, 0.1) is 19.1 Å². The molecule has 188 valence electrons. The first kappa shape index (κ1) is 23.8. The number of hydrogen-bond acceptors (Lipinski definition) is 8. The van der Waals surface area contributed by atoms with Crippen molar-refractivity contribution in [3.8, 4) is 0 Å². The van der Waals surface area contributed by atoms with Crippen LogP contribution in [0.25, 0.3) is 0 Å². The molecular weight excluding hydrogens is 452 g/mol. The van der Waals surface area contributed by atoms with E-state index in [2.05, 4.69) is 11.0 Å². The number of para-hydroxylation sites is 1. The first-order valence-electron chi connectivity index (χ1n) is 12.2. The number of benzene rings is 1. The van der Waals surface area contributed by atoms with Gasteiger partial charge in [0.2, 0.25) is 5.91 Å². The summed E-state index contributed by atoms with van der Waals surface area (Å²) >= 11 is 0. The average Bonchev–Trinajstić information content (AvgIpc) is 3.32. The number of carbonyl (C=O) groups excluding carboxylic acids is 4. The van der Waals surface area contributed by atoms with Crippen molar-refractivity contribution in [3.05, 3.63) is 29.8 Å². The second-order valence-electron chi connectivity index (χ2n) is 10.3. The summed E-state index contributed by atoms with van der Waals surface area (Å²) in [4.78, 5) is 55.2. The number of carbonyl (C=O) groups is 4. The van der Waals surface area contributed by atoms with Gasteiger partial charge in [-0.2, -0.15) is 0 Å². The predicted molar refractivity (Wildman–Crippen MR) is 124 cm³/mol. The Morgan fingerprint density at radius 3 is 2.43 bits per heavy atom. The Bertz CT molecular complexity index is 1100. The Hall–Kier alpha value is -2.94. The molecule has 3 fully saturated rings. The number of rotatable bonds is 4. The van der Waals surface area contributed by atoms with Gasteiger partial charge in [-0.25, -0.2) is 0 Å². The monoisotopic (exact) mass is 484 g/mol. The van der Waals surface area contributed by atoms with Crippen molar-refractivity contribution in [1.82, 2.24) is 4.90 Å². The molecule has 1 unspecified atom stereocenters. The molecule has 1 amide bonds. The summed E-state index contributed by atoms with van der Waals surface area (Å²) in [6, 6.07) is 7.42. The molecule has 0 N–H and O–H groups in total. The van der Waals surface area contributed by atoms with Crippen molar-refractivity contribution in [2.24, 2.45) is 11.8 Å². The van der Waals surface area contributed by atoms with Gasteiger partial charge in [0.25, 0.3) is 0 Å². The molecule has 9 heteroatoms. The third-order valence-corrected chi connectivity index (χ3v) is 8.83. The van der Waals surface area contributed by atoms with Crippen LogP contribution >= 0.6 is 0 Å². The van der Waals surface area contributed by atoms with Gasteiger partial charge in [-0.3, -0.25) is 24.1 Å². The van der Waals surface area contributed by atoms with E-state index in [1.165, 1.54) is 27.9 Å². The van der Waals surface area contributed by atoms with Crippen molar-refractivity contribution in [1.29, 1.82) is 0 Å². The van der Waals surface area contributed by atoms with E-state index in [9.17, 15) is 19.2 Å². The molecule has 1 aliphatic carbocycles. The topological polar surface area (TPSA) is 102 Å². The van der Waals surface area contributed by atoms with E-state index in [0.717, 1.165) is 17.7 Å². The Labute approximate surface area is 204 Å². The van der Waals surface area contributed by atoms with Gasteiger partial charge >= 0.3 is 17.9 Å². The van der Waals surface area contributed by atoms with Crippen LogP contribution in [0.3, 0.4) is 0 Å². The van der Waals surface area contributed by atoms with E-state index in [1.54, 1.807) is 11.8 Å². The number of nitrogens with zero attached hydrogens (tertiary/aromatic N) is 2. The number of piperidine rings is 1. The molecule has 4 aliphatic rings. The van der Waals surface area contributed by atoms with Gasteiger partial charge in [-0.1, -0.05) is 18.2 Å². The lowest BCUT2D eigenvalue weighted by Gasteiger charge is -2.60. The van der Waals surface area contributed by atoms with Crippen molar-refractivity contribution < 1.29 is 33.4 Å². The fourth-order valence-corrected chi connectivity index (χ4v) is 7.86. The van der Waals surface area contributed by atoms with Crippen molar-refractivity contribution in [2.75, 3.05) is 25.1 Å². The third-order valence-electron chi connectivity index (χ3n) is 8.83. The van der Waals surface area contributed by atoms with Gasteiger partial charge in [-0.05, 0) is 37.9 Å². The van der Waals surface area contributed by atoms with Crippen LogP contribution in [0.5, 0.6) is 0 Å². The highest BCUT2D eigenvalue weighted by Crippen LogP contribution is 2.64. The molecule has 1 spiro atoms. The van der Waals surface area contributed by atoms with Crippen LogP contribution in [0.4, 0.5) is 5.69 Å². The van der Waals surface area contributed by atoms with Crippen LogP contribution in [-0.2, 0) is 38.8 Å². The van der Waals surface area contributed by atoms with Crippen LogP contribution in [0, 0.1) is 11.8 Å². The van der Waals surface area contributed by atoms with Crippen LogP contribution in [0.2, 0.25) is 0 Å². The number of anilines is 1. The van der Waals surface area contributed by atoms with Gasteiger partial charge in [-0.15, -0.1) is 0 Å². The van der Waals surface area contributed by atoms with E-state index in [-0.39, 0.29) is 11.9 Å². The Balaban J connectivity index is 1.75. The number of fused-ring (bicyclic) bond motifs is 2. The molecule has 1 aromatic rings. The van der Waals surface area contributed by atoms with E-state index in [1.807, 2.05) is 18.2 Å². The van der Waals surface area contributed by atoms with Crippen molar-refractivity contribution >= 4 is 29.5 Å². The maximum atomic E-state index is 13.6. The highest BCUT2D eigenvalue weighted by molar-refractivity contribution is 5.97. The molecule has 3 heterocycles. The zero-order chi connectivity index (χ0) is 25.3. The summed E-state index contributed by atoms with van der Waals surface area (Å²) in [6.07, 6.45) is 0.501. The minimum atomic E-state index is -1.26. The molecule has 0 aromatic heterocycles. The van der Waals surface area contributed by atoms with E-state index < -0.39 is 52.9 Å². The fourth-order valence-electron chi connectivity index (χ4n) is 7.86. The number of amides is 1. The minimum absolute atomic E-state index is 0.0390. The maximum Gasteiger partial charge on any atom is 0.311 e. The largest absolute Gasteiger partial charge is 0.469 e. The van der Waals surface area contributed by atoms with Crippen molar-refractivity contribution in [3.63, 3.8) is 0 Å². The van der Waals surface area contributed by atoms with Gasteiger partial charge < -0.3 is 19.1 Å². The lowest BCUT2D eigenvalue weighted by molar-refractivity contribution is -0.225. The van der Waals surface area contributed by atoms with Gasteiger partial charge in [0.15, 0.2) is 5.60 Å². The summed E-state index contributed by atoms with van der Waals surface area (Å²) < 4.78 is 17.0. The van der Waals surface area contributed by atoms with Crippen LogP contribution in [0.15, 0.2) is 24.3 Å². The van der Waals surface area contributed by atoms with Crippen LogP contribution in [-0.4, -0.2) is 72.7 Å². The van der Waals surface area contributed by atoms with E-state index in [0.29, 0.717) is 19.5 Å². The number of esters is 3. The molecule has 7 atom stereocenters. The predicted octanol–water partition coefficient (Wildman–Crippen LogP) is 1.81. The molecule has 1 saturated carbocycles. The molecular formula is C26H32N2O7. The smallest absolute Gasteiger partial charge is 0.311 e. The lowest BCUT2D eigenvalue weighted by atomic mass is 9.52. The summed E-state index contributed by atoms with van der Waals surface area (Å²) in [5.74, 6) is -2.90. The second-order valence-corrected chi connectivity index (χ2v) is 10.3. The number of methoxy groups -OCH3 is 1. The third kappa shape index (κ3) is 3.09. The number of hydrogen-bond donors (Lipinski definition) is 0. The molecule has 2 bridgehead atoms. The fraction of sp³-hybridized carbons (Fsp3) is 0.615. The highest BCUT2D eigenvalue weighted by atomic mass is 16.6. The zero-order valence-electron chi connectivity index (χ0n) is 20.8.